The van der Waals surface area contributed by atoms with E-state index in [0.717, 1.165) is 38.9 Å². The van der Waals surface area contributed by atoms with Gasteiger partial charge in [-0.25, -0.2) is 4.39 Å². The quantitative estimate of drug-likeness (QED) is 0.164. The molecule has 0 N–H and O–H groups in total. The summed E-state index contributed by atoms with van der Waals surface area (Å²) in [5, 5.41) is 4.66. The summed E-state index contributed by atoms with van der Waals surface area (Å²) in [5.74, 6) is -0.183. The maximum Gasteiger partial charge on any atom is 0.0459 e. The maximum atomic E-state index is 14.4. The number of aromatic nitrogens is 2. The Hall–Kier alpha value is -3.72. The molecule has 6 aromatic rings. The molecule has 2 heterocycles. The monoisotopic (exact) mass is 673 g/mol. The van der Waals surface area contributed by atoms with Gasteiger partial charge in [-0.15, -0.1) is 59.2 Å². The van der Waals surface area contributed by atoms with Crippen LogP contribution >= 0.6 is 0 Å². The van der Waals surface area contributed by atoms with E-state index in [-0.39, 0.29) is 31.3 Å². The molecule has 0 saturated heterocycles. The maximum absolute atomic E-state index is 14.4. The van der Waals surface area contributed by atoms with Crippen molar-refractivity contribution in [2.45, 2.75) is 26.2 Å². The molecule has 0 spiro atoms. The van der Waals surface area contributed by atoms with Gasteiger partial charge in [-0.3, -0.25) is 0 Å². The van der Waals surface area contributed by atoms with Crippen LogP contribution in [0.5, 0.6) is 0 Å². The molecule has 0 saturated carbocycles. The van der Waals surface area contributed by atoms with Crippen LogP contribution in [0.3, 0.4) is 0 Å². The summed E-state index contributed by atoms with van der Waals surface area (Å²) in [6.07, 6.45) is 3.64. The standard InChI is InChI=1S/C18H13FN.C16H12N.Ir/c1-18(2)13-7-3-5-11-9-10-20-17(15(11)13)12-6-4-8-14(19)16(12)18;1-12-5-4-7-14(11-12)16-15-8-3-2-6-13(15)9-10-17-16;/h3-5,7-10H,1-2H3;2-6,8-11H,1H3;/q2*-1;. The predicted molar refractivity (Wildman–Crippen MR) is 149 cm³/mol. The Labute approximate surface area is 236 Å². The van der Waals surface area contributed by atoms with Crippen LogP contribution in [0.15, 0.2) is 97.3 Å². The molecule has 1 aliphatic carbocycles. The fourth-order valence-corrected chi connectivity index (χ4v) is 5.40. The van der Waals surface area contributed by atoms with Crippen molar-refractivity contribution in [3.63, 3.8) is 0 Å². The smallest absolute Gasteiger partial charge is 0.0459 e. The Morgan fingerprint density at radius 1 is 0.763 bits per heavy atom. The molecule has 0 amide bonds. The minimum absolute atomic E-state index is 0. The van der Waals surface area contributed by atoms with E-state index in [0.29, 0.717) is 5.56 Å². The number of pyridine rings is 2. The minimum Gasteiger partial charge on any atom is -0.304 e. The van der Waals surface area contributed by atoms with Gasteiger partial charge in [0.1, 0.15) is 0 Å². The molecule has 189 valence electrons. The third kappa shape index (κ3) is 4.34. The van der Waals surface area contributed by atoms with Crippen molar-refractivity contribution in [2.75, 3.05) is 0 Å². The summed E-state index contributed by atoms with van der Waals surface area (Å²) in [4.78, 5) is 8.97. The molecule has 38 heavy (non-hydrogen) atoms. The first-order valence-corrected chi connectivity index (χ1v) is 12.4. The van der Waals surface area contributed by atoms with Crippen molar-refractivity contribution in [3.8, 4) is 22.5 Å². The minimum atomic E-state index is -0.382. The van der Waals surface area contributed by atoms with Crippen molar-refractivity contribution in [3.05, 3.63) is 132 Å². The van der Waals surface area contributed by atoms with Crippen LogP contribution in [-0.2, 0) is 25.5 Å². The third-order valence-corrected chi connectivity index (χ3v) is 7.16. The van der Waals surface area contributed by atoms with Crippen LogP contribution < -0.4 is 0 Å². The SMILES string of the molecule is CC1(C)c2c([c-]ccc2F)-c2nccc3cccc1c23.Cc1cc[c-]c(-c2nccc3ccccc23)c1.[Ir]. The van der Waals surface area contributed by atoms with Crippen LogP contribution in [0.4, 0.5) is 4.39 Å². The largest absolute Gasteiger partial charge is 0.304 e. The number of hydrogen-bond acceptors (Lipinski definition) is 2. The second kappa shape index (κ2) is 10.2. The van der Waals surface area contributed by atoms with E-state index in [1.165, 1.54) is 22.4 Å². The molecular weight excluding hydrogens is 648 g/mol. The molecule has 7 rings (SSSR count). The zero-order valence-corrected chi connectivity index (χ0v) is 23.7. The number of nitrogens with zero attached hydrogens (tertiary/aromatic N) is 2. The fourth-order valence-electron chi connectivity index (χ4n) is 5.40. The molecule has 0 unspecified atom stereocenters. The van der Waals surface area contributed by atoms with E-state index in [1.807, 2.05) is 42.6 Å². The van der Waals surface area contributed by atoms with E-state index in [9.17, 15) is 4.39 Å². The van der Waals surface area contributed by atoms with Crippen LogP contribution in [0.2, 0.25) is 0 Å². The van der Waals surface area contributed by atoms with Crippen LogP contribution in [0, 0.1) is 24.9 Å². The third-order valence-electron chi connectivity index (χ3n) is 7.16. The molecular formula is C34H25FIrN2-2. The molecule has 0 fully saturated rings. The molecule has 2 aromatic heterocycles. The summed E-state index contributed by atoms with van der Waals surface area (Å²) in [5.41, 5.74) is 6.36. The van der Waals surface area contributed by atoms with Gasteiger partial charge in [0.2, 0.25) is 0 Å². The Morgan fingerprint density at radius 2 is 1.47 bits per heavy atom. The summed E-state index contributed by atoms with van der Waals surface area (Å²) in [6.45, 7) is 6.21. The Morgan fingerprint density at radius 3 is 2.29 bits per heavy atom. The molecule has 1 radical (unpaired) electrons. The first kappa shape index (κ1) is 25.9. The molecule has 0 aliphatic heterocycles. The molecule has 4 heteroatoms. The van der Waals surface area contributed by atoms with Gasteiger partial charge in [0, 0.05) is 38.3 Å². The van der Waals surface area contributed by atoms with Crippen molar-refractivity contribution in [1.29, 1.82) is 0 Å². The number of halogens is 1. The molecule has 0 atom stereocenters. The number of rotatable bonds is 1. The van der Waals surface area contributed by atoms with Gasteiger partial charge < -0.3 is 9.97 Å². The van der Waals surface area contributed by atoms with E-state index in [4.69, 9.17) is 0 Å². The van der Waals surface area contributed by atoms with Gasteiger partial charge in [0.25, 0.3) is 0 Å². The number of hydrogen-bond donors (Lipinski definition) is 0. The molecule has 4 aromatic carbocycles. The molecule has 0 bridgehead atoms. The second-order valence-corrected chi connectivity index (χ2v) is 9.92. The Balaban J connectivity index is 0.000000153. The van der Waals surface area contributed by atoms with Crippen LogP contribution in [0.25, 0.3) is 44.1 Å². The van der Waals surface area contributed by atoms with Gasteiger partial charge in [-0.2, -0.15) is 0 Å². The van der Waals surface area contributed by atoms with E-state index >= 15 is 0 Å². The summed E-state index contributed by atoms with van der Waals surface area (Å²) in [6, 6.07) is 34.2. The van der Waals surface area contributed by atoms with Crippen LogP contribution in [-0.4, -0.2) is 9.97 Å². The molecule has 1 aliphatic rings. The van der Waals surface area contributed by atoms with E-state index in [2.05, 4.69) is 79.3 Å². The van der Waals surface area contributed by atoms with E-state index < -0.39 is 0 Å². The zero-order chi connectivity index (χ0) is 25.6. The van der Waals surface area contributed by atoms with Gasteiger partial charge in [-0.05, 0) is 56.0 Å². The van der Waals surface area contributed by atoms with E-state index in [1.54, 1.807) is 12.3 Å². The average Bonchev–Trinajstić information content (AvgIpc) is 2.91. The molecule has 2 nitrogen and oxygen atoms in total. The summed E-state index contributed by atoms with van der Waals surface area (Å²) in [7, 11) is 0. The van der Waals surface area contributed by atoms with Crippen molar-refractivity contribution in [1.82, 2.24) is 9.97 Å². The van der Waals surface area contributed by atoms with Crippen molar-refractivity contribution < 1.29 is 24.5 Å². The van der Waals surface area contributed by atoms with Gasteiger partial charge in [0.05, 0.1) is 0 Å². The number of benzene rings is 4. The van der Waals surface area contributed by atoms with Gasteiger partial charge in [-0.1, -0.05) is 68.8 Å². The summed E-state index contributed by atoms with van der Waals surface area (Å²) >= 11 is 0. The van der Waals surface area contributed by atoms with Crippen molar-refractivity contribution in [2.24, 2.45) is 0 Å². The Kier molecular flexibility index (Phi) is 6.96. The number of fused-ring (bicyclic) bond motifs is 3. The fraction of sp³-hybridized carbons (Fsp3) is 0.118. The normalized spacial score (nSPS) is 12.7. The topological polar surface area (TPSA) is 25.8 Å². The number of aryl methyl sites for hydroxylation is 1. The van der Waals surface area contributed by atoms with Crippen molar-refractivity contribution >= 4 is 21.5 Å². The first-order valence-electron chi connectivity index (χ1n) is 12.4. The van der Waals surface area contributed by atoms with Crippen LogP contribution in [0.1, 0.15) is 30.5 Å². The summed E-state index contributed by atoms with van der Waals surface area (Å²) < 4.78 is 14.4. The zero-order valence-electron chi connectivity index (χ0n) is 21.3. The average molecular weight is 673 g/mol. The van der Waals surface area contributed by atoms with Gasteiger partial charge in [0.15, 0.2) is 0 Å². The Bertz CT molecular complexity index is 1780. The first-order chi connectivity index (χ1) is 17.9. The van der Waals surface area contributed by atoms with Gasteiger partial charge >= 0.3 is 0 Å². The predicted octanol–water partition coefficient (Wildman–Crippen LogP) is 8.49. The second-order valence-electron chi connectivity index (χ2n) is 9.92.